The second-order valence-electron chi connectivity index (χ2n) is 11.8. The van der Waals surface area contributed by atoms with Crippen molar-refractivity contribution < 1.29 is 31.7 Å². The van der Waals surface area contributed by atoms with Gasteiger partial charge in [-0.2, -0.15) is 17.7 Å². The number of benzene rings is 2. The van der Waals surface area contributed by atoms with Crippen molar-refractivity contribution in [1.29, 1.82) is 0 Å². The largest absolute Gasteiger partial charge is 0.448 e. The number of likely N-dealkylation sites (N-methyl/N-ethyl adjacent to an activating group) is 1. The average Bonchev–Trinajstić information content (AvgIpc) is 3.62. The first-order valence-electron chi connectivity index (χ1n) is 14.4. The Morgan fingerprint density at radius 3 is 2.48 bits per heavy atom. The minimum absolute atomic E-state index is 0.155. The highest BCUT2D eigenvalue weighted by Crippen LogP contribution is 2.47. The summed E-state index contributed by atoms with van der Waals surface area (Å²) in [6.07, 6.45) is 3.33. The number of thiazole rings is 1. The van der Waals surface area contributed by atoms with Crippen LogP contribution in [0.25, 0.3) is 16.3 Å². The van der Waals surface area contributed by atoms with Crippen LogP contribution in [-0.2, 0) is 11.3 Å². The highest BCUT2D eigenvalue weighted by atomic mass is 35.5. The maximum atomic E-state index is 13.6. The first kappa shape index (κ1) is 34.3. The number of carbonyl (C=O) groups is 1. The molecule has 46 heavy (non-hydrogen) atoms. The molecule has 0 saturated heterocycles. The Kier molecular flexibility index (Phi) is 10.2. The van der Waals surface area contributed by atoms with E-state index in [4.69, 9.17) is 27.9 Å². The molecule has 2 aromatic carbocycles. The number of thioether (sulfide) groups is 1. The minimum atomic E-state index is -4.44. The van der Waals surface area contributed by atoms with E-state index in [9.17, 15) is 22.4 Å². The van der Waals surface area contributed by atoms with Gasteiger partial charge in [0.25, 0.3) is 5.01 Å². The molecule has 0 atom stereocenters. The highest BCUT2D eigenvalue weighted by molar-refractivity contribution is 8.03. The van der Waals surface area contributed by atoms with Crippen molar-refractivity contribution in [2.75, 3.05) is 25.2 Å². The molecule has 0 N–H and O–H groups in total. The van der Waals surface area contributed by atoms with Gasteiger partial charge in [-0.25, -0.2) is 9.18 Å². The average molecular weight is 714 g/mol. The lowest BCUT2D eigenvalue weighted by Crippen LogP contribution is -2.42. The second-order valence-corrected chi connectivity index (χ2v) is 14.7. The van der Waals surface area contributed by atoms with Gasteiger partial charge in [-0.3, -0.25) is 4.90 Å². The lowest BCUT2D eigenvalue weighted by Gasteiger charge is -2.26. The van der Waals surface area contributed by atoms with E-state index in [0.717, 1.165) is 26.8 Å². The fourth-order valence-electron chi connectivity index (χ4n) is 5.29. The summed E-state index contributed by atoms with van der Waals surface area (Å²) in [6, 6.07) is 10.4. The normalized spacial score (nSPS) is 17.3. The zero-order valence-corrected chi connectivity index (χ0v) is 28.7. The van der Waals surface area contributed by atoms with Gasteiger partial charge in [0.15, 0.2) is 0 Å². The van der Waals surface area contributed by atoms with Gasteiger partial charge < -0.3 is 9.64 Å². The van der Waals surface area contributed by atoms with Crippen molar-refractivity contribution in [1.82, 2.24) is 4.90 Å². The number of aromatic nitrogens is 1. The Bertz CT molecular complexity index is 1790. The number of allylic oxidation sites excluding steroid dienone is 5. The number of hydrogen-bond donors (Lipinski definition) is 0. The van der Waals surface area contributed by atoms with E-state index < -0.39 is 31.1 Å². The number of ether oxygens (including phenoxy) is 1. The molecule has 1 aliphatic carbocycles. The fraction of sp³-hybridized carbons (Fsp3) is 0.333. The van der Waals surface area contributed by atoms with Crippen LogP contribution in [0, 0.1) is 0 Å². The summed E-state index contributed by atoms with van der Waals surface area (Å²) >= 11 is 15.1. The predicted molar refractivity (Wildman–Crippen MR) is 179 cm³/mol. The molecule has 2 heterocycles. The third-order valence-electron chi connectivity index (χ3n) is 7.16. The minimum Gasteiger partial charge on any atom is -0.443 e. The molecule has 244 valence electrons. The summed E-state index contributed by atoms with van der Waals surface area (Å²) in [5.74, 6) is 0. The molecule has 1 aliphatic heterocycles. The van der Waals surface area contributed by atoms with Crippen molar-refractivity contribution in [3.8, 4) is 0 Å². The molecule has 0 unspecified atom stereocenters. The molecule has 0 fully saturated rings. The Morgan fingerprint density at radius 2 is 1.78 bits per heavy atom. The molecule has 5 rings (SSSR count). The molecule has 1 aromatic heterocycles. The molecule has 13 heteroatoms. The van der Waals surface area contributed by atoms with Crippen LogP contribution >= 0.6 is 46.3 Å². The van der Waals surface area contributed by atoms with Gasteiger partial charge in [0.1, 0.15) is 17.0 Å². The number of alkyl halides is 4. The van der Waals surface area contributed by atoms with E-state index in [1.54, 1.807) is 64.2 Å². The van der Waals surface area contributed by atoms with Crippen LogP contribution in [0.4, 0.5) is 28.0 Å². The molecular formula is C33H32Cl2F4N3O2S2+. The van der Waals surface area contributed by atoms with Crippen LogP contribution < -0.4 is 9.47 Å². The SMILES string of the molecule is CN(C(=O)OC(C)(C)C)C1=C(/C=C/c2sc3ccc(Cl)cc3[n+]2CC(F)(F)F)CC/C1=C\C=C1/Sc2ccc(Cl)cc2N1CCF. The first-order valence-corrected chi connectivity index (χ1v) is 16.8. The number of amides is 1. The van der Waals surface area contributed by atoms with E-state index in [0.29, 0.717) is 43.8 Å². The van der Waals surface area contributed by atoms with Crippen LogP contribution in [0.5, 0.6) is 0 Å². The van der Waals surface area contributed by atoms with Crippen molar-refractivity contribution in [3.05, 3.63) is 91.6 Å². The summed E-state index contributed by atoms with van der Waals surface area (Å²) in [5.41, 5.74) is 2.68. The van der Waals surface area contributed by atoms with Crippen molar-refractivity contribution in [2.45, 2.75) is 56.8 Å². The molecule has 1 amide bonds. The third-order valence-corrected chi connectivity index (χ3v) is 9.89. The molecule has 0 bridgehead atoms. The maximum Gasteiger partial charge on any atom is 0.448 e. The zero-order valence-electron chi connectivity index (χ0n) is 25.6. The van der Waals surface area contributed by atoms with Crippen LogP contribution in [0.1, 0.15) is 38.6 Å². The van der Waals surface area contributed by atoms with Crippen LogP contribution in [-0.4, -0.2) is 43.0 Å². The topological polar surface area (TPSA) is 36.7 Å². The molecule has 5 nitrogen and oxygen atoms in total. The summed E-state index contributed by atoms with van der Waals surface area (Å²) in [7, 11) is 1.62. The predicted octanol–water partition coefficient (Wildman–Crippen LogP) is 10.3. The number of rotatable bonds is 7. The standard InChI is InChI=1S/C33H32Cl2F4N3O2S2/c1-32(2,3)44-31(43)40(4)30-20(7-13-28-41(16-15-36)24-17-22(34)9-11-26(24)45-28)5-6-21(30)8-14-29-42(19-33(37,38)39)25-18-23(35)10-12-27(25)46-29/h7-14,17-18H,5-6,15-16,19H2,1-4H3/q+1. The van der Waals surface area contributed by atoms with Gasteiger partial charge in [0, 0.05) is 34.1 Å². The molecule has 3 aromatic rings. The number of hydrogen-bond acceptors (Lipinski definition) is 5. The van der Waals surface area contributed by atoms with E-state index in [2.05, 4.69) is 0 Å². The number of halogens is 6. The van der Waals surface area contributed by atoms with Crippen molar-refractivity contribution in [3.63, 3.8) is 0 Å². The van der Waals surface area contributed by atoms with Crippen LogP contribution in [0.2, 0.25) is 10.0 Å². The number of fused-ring (bicyclic) bond motifs is 2. The van der Waals surface area contributed by atoms with Gasteiger partial charge in [-0.1, -0.05) is 52.4 Å². The third kappa shape index (κ3) is 7.93. The fourth-order valence-corrected chi connectivity index (χ4v) is 7.74. The Balaban J connectivity index is 1.56. The second kappa shape index (κ2) is 13.6. The summed E-state index contributed by atoms with van der Waals surface area (Å²) < 4.78 is 62.0. The van der Waals surface area contributed by atoms with E-state index in [1.807, 2.05) is 23.1 Å². The number of nitrogens with zero attached hydrogens (tertiary/aromatic N) is 3. The monoisotopic (exact) mass is 712 g/mol. The van der Waals surface area contributed by atoms with Gasteiger partial charge in [0.05, 0.1) is 23.0 Å². The Labute approximate surface area is 283 Å². The lowest BCUT2D eigenvalue weighted by molar-refractivity contribution is -0.693. The smallest absolute Gasteiger partial charge is 0.443 e. The Hall–Kier alpha value is -2.99. The molecular weight excluding hydrogens is 681 g/mol. The highest BCUT2D eigenvalue weighted by Gasteiger charge is 2.37. The van der Waals surface area contributed by atoms with E-state index >= 15 is 0 Å². The van der Waals surface area contributed by atoms with Crippen LogP contribution in [0.3, 0.4) is 0 Å². The van der Waals surface area contributed by atoms with Gasteiger partial charge in [-0.05, 0) is 87.2 Å². The van der Waals surface area contributed by atoms with Crippen molar-refractivity contribution >= 4 is 74.4 Å². The summed E-state index contributed by atoms with van der Waals surface area (Å²) in [4.78, 5) is 17.5. The van der Waals surface area contributed by atoms with Gasteiger partial charge in [-0.15, -0.1) is 0 Å². The lowest BCUT2D eigenvalue weighted by atomic mass is 10.1. The van der Waals surface area contributed by atoms with E-state index in [-0.39, 0.29) is 6.54 Å². The quantitative estimate of drug-likeness (QED) is 0.180. The van der Waals surface area contributed by atoms with E-state index in [1.165, 1.54) is 38.6 Å². The maximum absolute atomic E-state index is 13.6. The molecule has 0 spiro atoms. The summed E-state index contributed by atoms with van der Waals surface area (Å²) in [6.45, 7) is 3.76. The molecule has 2 aliphatic rings. The summed E-state index contributed by atoms with van der Waals surface area (Å²) in [5, 5.41) is 2.10. The Morgan fingerprint density at radius 1 is 1.07 bits per heavy atom. The number of anilines is 1. The zero-order chi connectivity index (χ0) is 33.4. The van der Waals surface area contributed by atoms with Crippen LogP contribution in [0.15, 0.2) is 81.4 Å². The first-order chi connectivity index (χ1) is 21.6. The van der Waals surface area contributed by atoms with Gasteiger partial charge in [0.2, 0.25) is 12.1 Å². The number of carbonyl (C=O) groups excluding carboxylic acids is 1. The molecule has 0 radical (unpaired) electrons. The molecule has 0 saturated carbocycles. The van der Waals surface area contributed by atoms with Gasteiger partial charge >= 0.3 is 12.3 Å². The van der Waals surface area contributed by atoms with Crippen molar-refractivity contribution in [2.24, 2.45) is 0 Å².